The number of carbonyl (C=O) groups is 1. The van der Waals surface area contributed by atoms with Gasteiger partial charge in [0, 0.05) is 23.2 Å². The highest BCUT2D eigenvalue weighted by Crippen LogP contribution is 2.24. The molecule has 1 aromatic heterocycles. The van der Waals surface area contributed by atoms with Crippen molar-refractivity contribution in [2.75, 3.05) is 25.1 Å². The predicted octanol–water partition coefficient (Wildman–Crippen LogP) is 3.46. The maximum Gasteiger partial charge on any atom is 0.320 e. The zero-order chi connectivity index (χ0) is 16.1. The van der Waals surface area contributed by atoms with Crippen LogP contribution in [0.25, 0.3) is 11.3 Å². The predicted molar refractivity (Wildman–Crippen MR) is 87.5 cm³/mol. The summed E-state index contributed by atoms with van der Waals surface area (Å²) in [6.07, 6.45) is 2.96. The number of rotatable bonds is 4. The van der Waals surface area contributed by atoms with E-state index in [0.717, 1.165) is 24.2 Å². The van der Waals surface area contributed by atoms with E-state index in [9.17, 15) is 4.79 Å². The number of hydrogen-bond acceptors (Lipinski definition) is 4. The highest BCUT2D eigenvalue weighted by Gasteiger charge is 2.11. The first kappa shape index (κ1) is 15.6. The molecule has 0 atom stereocenters. The highest BCUT2D eigenvalue weighted by atomic mass is 35.5. The molecule has 0 bridgehead atoms. The molecule has 23 heavy (non-hydrogen) atoms. The fraction of sp³-hybridized carbons (Fsp3) is 0.250. The van der Waals surface area contributed by atoms with Crippen LogP contribution in [0.1, 0.15) is 6.42 Å². The van der Waals surface area contributed by atoms with E-state index in [1.165, 1.54) is 0 Å². The van der Waals surface area contributed by atoms with E-state index in [4.69, 9.17) is 20.9 Å². The van der Waals surface area contributed by atoms with Gasteiger partial charge < -0.3 is 14.6 Å². The number of aromatic nitrogens is 1. The Balaban J connectivity index is 1.56. The van der Waals surface area contributed by atoms with Crippen LogP contribution in [-0.4, -0.2) is 30.9 Å². The molecule has 7 heteroatoms. The molecule has 120 valence electrons. The van der Waals surface area contributed by atoms with Crippen LogP contribution in [0.3, 0.4) is 0 Å². The van der Waals surface area contributed by atoms with Crippen molar-refractivity contribution in [1.82, 2.24) is 10.5 Å². The van der Waals surface area contributed by atoms with Gasteiger partial charge in [0.2, 0.25) is 0 Å². The number of nitrogens with zero attached hydrogens (tertiary/aromatic N) is 1. The summed E-state index contributed by atoms with van der Waals surface area (Å²) in [5.41, 5.74) is 1.86. The van der Waals surface area contributed by atoms with Gasteiger partial charge in [0.05, 0.1) is 13.2 Å². The molecule has 0 aliphatic carbocycles. The zero-order valence-corrected chi connectivity index (χ0v) is 13.1. The number of benzene rings is 1. The van der Waals surface area contributed by atoms with Crippen LogP contribution < -0.4 is 10.6 Å². The lowest BCUT2D eigenvalue weighted by Gasteiger charge is -2.14. The van der Waals surface area contributed by atoms with Crippen LogP contribution in [-0.2, 0) is 4.74 Å². The molecule has 2 N–H and O–H groups in total. The molecule has 1 aromatic carbocycles. The Morgan fingerprint density at radius 1 is 1.35 bits per heavy atom. The molecular weight excluding hydrogens is 318 g/mol. The summed E-state index contributed by atoms with van der Waals surface area (Å²) < 4.78 is 10.5. The van der Waals surface area contributed by atoms with E-state index >= 15 is 0 Å². The van der Waals surface area contributed by atoms with Gasteiger partial charge >= 0.3 is 6.03 Å². The third-order valence-electron chi connectivity index (χ3n) is 3.32. The summed E-state index contributed by atoms with van der Waals surface area (Å²) >= 11 is 5.94. The summed E-state index contributed by atoms with van der Waals surface area (Å²) in [5.74, 6) is 0.873. The maximum absolute atomic E-state index is 11.9. The van der Waals surface area contributed by atoms with Crippen LogP contribution in [0.2, 0.25) is 5.02 Å². The first-order valence-electron chi connectivity index (χ1n) is 7.24. The third-order valence-corrected chi connectivity index (χ3v) is 3.55. The molecule has 0 radical (unpaired) electrons. The molecule has 2 heterocycles. The minimum Gasteiger partial charge on any atom is -0.377 e. The zero-order valence-electron chi connectivity index (χ0n) is 12.3. The number of ether oxygens (including phenoxy) is 1. The average Bonchev–Trinajstić information content (AvgIpc) is 3.02. The Labute approximate surface area is 138 Å². The van der Waals surface area contributed by atoms with Gasteiger partial charge in [-0.05, 0) is 24.1 Å². The molecule has 6 nitrogen and oxygen atoms in total. The van der Waals surface area contributed by atoms with Crippen LogP contribution in [0.15, 0.2) is 46.5 Å². The van der Waals surface area contributed by atoms with Crippen LogP contribution >= 0.6 is 11.6 Å². The van der Waals surface area contributed by atoms with Gasteiger partial charge in [0.25, 0.3) is 0 Å². The number of amides is 2. The number of carbonyl (C=O) groups excluding carboxylic acids is 1. The van der Waals surface area contributed by atoms with E-state index < -0.39 is 0 Å². The lowest BCUT2D eigenvalue weighted by molar-refractivity contribution is 0.149. The number of nitrogens with one attached hydrogen (secondary N) is 2. The highest BCUT2D eigenvalue weighted by molar-refractivity contribution is 6.30. The van der Waals surface area contributed by atoms with Crippen molar-refractivity contribution in [2.24, 2.45) is 0 Å². The normalized spacial score (nSPS) is 14.2. The van der Waals surface area contributed by atoms with Crippen LogP contribution in [0.4, 0.5) is 10.6 Å². The quantitative estimate of drug-likeness (QED) is 0.840. The molecular formula is C16H16ClN3O3. The Kier molecular flexibility index (Phi) is 4.95. The van der Waals surface area contributed by atoms with Crippen molar-refractivity contribution < 1.29 is 14.1 Å². The Bertz CT molecular complexity index is 727. The van der Waals surface area contributed by atoms with Gasteiger partial charge in [-0.2, -0.15) is 0 Å². The summed E-state index contributed by atoms with van der Waals surface area (Å²) in [7, 11) is 0. The van der Waals surface area contributed by atoms with Gasteiger partial charge in [-0.25, -0.2) is 4.79 Å². The molecule has 2 amide bonds. The molecule has 2 aromatic rings. The monoisotopic (exact) mass is 333 g/mol. The van der Waals surface area contributed by atoms with Crippen molar-refractivity contribution >= 4 is 23.4 Å². The summed E-state index contributed by atoms with van der Waals surface area (Å²) in [4.78, 5) is 11.9. The fourth-order valence-corrected chi connectivity index (χ4v) is 2.39. The molecule has 0 fully saturated rings. The molecule has 1 aliphatic rings. The summed E-state index contributed by atoms with van der Waals surface area (Å²) in [5, 5.41) is 9.82. The molecule has 1 aliphatic heterocycles. The van der Waals surface area contributed by atoms with E-state index in [1.807, 2.05) is 12.1 Å². The first-order valence-corrected chi connectivity index (χ1v) is 7.62. The smallest absolute Gasteiger partial charge is 0.320 e. The summed E-state index contributed by atoms with van der Waals surface area (Å²) in [6.45, 7) is 1.74. The second kappa shape index (κ2) is 7.30. The number of hydrogen-bond donors (Lipinski definition) is 2. The maximum atomic E-state index is 11.9. The van der Waals surface area contributed by atoms with Gasteiger partial charge in [-0.15, -0.1) is 0 Å². The van der Waals surface area contributed by atoms with Crippen LogP contribution in [0.5, 0.6) is 0 Å². The van der Waals surface area contributed by atoms with Crippen molar-refractivity contribution in [3.8, 4) is 11.3 Å². The molecule has 0 unspecified atom stereocenters. The molecule has 0 saturated heterocycles. The fourth-order valence-electron chi connectivity index (χ4n) is 2.20. The number of anilines is 1. The van der Waals surface area contributed by atoms with Crippen molar-refractivity contribution in [1.29, 1.82) is 0 Å². The third kappa shape index (κ3) is 4.34. The van der Waals surface area contributed by atoms with E-state index in [-0.39, 0.29) is 6.03 Å². The summed E-state index contributed by atoms with van der Waals surface area (Å²) in [6, 6.07) is 8.52. The molecule has 0 spiro atoms. The van der Waals surface area contributed by atoms with E-state index in [1.54, 1.807) is 18.2 Å². The Morgan fingerprint density at radius 2 is 2.26 bits per heavy atom. The van der Waals surface area contributed by atoms with Crippen molar-refractivity contribution in [3.05, 3.63) is 47.0 Å². The Morgan fingerprint density at radius 3 is 3.04 bits per heavy atom. The van der Waals surface area contributed by atoms with Gasteiger partial charge in [-0.3, -0.25) is 5.32 Å². The topological polar surface area (TPSA) is 76.4 Å². The second-order valence-corrected chi connectivity index (χ2v) is 5.53. The lowest BCUT2D eigenvalue weighted by Crippen LogP contribution is -2.31. The van der Waals surface area contributed by atoms with Crippen molar-refractivity contribution in [2.45, 2.75) is 6.42 Å². The van der Waals surface area contributed by atoms with E-state index in [2.05, 4.69) is 21.9 Å². The SMILES string of the molecule is O=C(NCC1=CCCOC1)Nc1cc(-c2cccc(Cl)c2)on1. The van der Waals surface area contributed by atoms with Crippen LogP contribution in [0, 0.1) is 0 Å². The molecule has 0 saturated carbocycles. The minimum absolute atomic E-state index is 0.339. The standard InChI is InChI=1S/C16H16ClN3O3/c17-13-5-1-4-12(7-13)14-8-15(20-23-14)19-16(21)18-9-11-3-2-6-22-10-11/h1,3-5,7-8H,2,6,9-10H2,(H2,18,19,20,21). The lowest BCUT2D eigenvalue weighted by atomic mass is 10.2. The number of urea groups is 1. The minimum atomic E-state index is -0.345. The van der Waals surface area contributed by atoms with Gasteiger partial charge in [0.1, 0.15) is 0 Å². The average molecular weight is 334 g/mol. The van der Waals surface area contributed by atoms with Gasteiger partial charge in [0.15, 0.2) is 11.6 Å². The largest absolute Gasteiger partial charge is 0.377 e. The number of halogens is 1. The van der Waals surface area contributed by atoms with Gasteiger partial charge in [-0.1, -0.05) is 35.0 Å². The molecule has 3 rings (SSSR count). The Hall–Kier alpha value is -2.31. The second-order valence-electron chi connectivity index (χ2n) is 5.10. The first-order chi connectivity index (χ1) is 11.2. The van der Waals surface area contributed by atoms with E-state index in [0.29, 0.717) is 29.8 Å². The van der Waals surface area contributed by atoms with Crippen molar-refractivity contribution in [3.63, 3.8) is 0 Å².